The highest BCUT2D eigenvalue weighted by atomic mass is 16.6. The zero-order chi connectivity index (χ0) is 13.9. The summed E-state index contributed by atoms with van der Waals surface area (Å²) in [6.45, 7) is 0.781. The minimum absolute atomic E-state index is 0.127. The van der Waals surface area contributed by atoms with Crippen LogP contribution in [0.2, 0.25) is 0 Å². The molecule has 1 fully saturated rings. The Hall–Kier alpha value is -2.17. The minimum Gasteiger partial charge on any atom is -0.379 e. The quantitative estimate of drug-likeness (QED) is 0.493. The van der Waals surface area contributed by atoms with Gasteiger partial charge in [-0.25, -0.2) is 0 Å². The third kappa shape index (κ3) is 2.71. The van der Waals surface area contributed by atoms with Gasteiger partial charge in [0, 0.05) is 12.7 Å². The molecule has 1 aromatic heterocycles. The van der Waals surface area contributed by atoms with Crippen LogP contribution in [-0.4, -0.2) is 16.5 Å². The molecule has 1 aliphatic rings. The Labute approximate surface area is 117 Å². The number of hydrogen-bond donors (Lipinski definition) is 1. The van der Waals surface area contributed by atoms with E-state index in [1.807, 2.05) is 6.07 Å². The normalized spacial score (nSPS) is 14.4. The van der Waals surface area contributed by atoms with E-state index >= 15 is 0 Å². The highest BCUT2D eigenvalue weighted by molar-refractivity contribution is 5.94. The van der Waals surface area contributed by atoms with Crippen LogP contribution in [0.1, 0.15) is 25.7 Å². The van der Waals surface area contributed by atoms with Gasteiger partial charge in [-0.05, 0) is 43.0 Å². The fourth-order valence-corrected chi connectivity index (χ4v) is 2.50. The molecular formula is C15H17N3O2. The summed E-state index contributed by atoms with van der Waals surface area (Å²) in [6, 6.07) is 7.05. The topological polar surface area (TPSA) is 68.1 Å². The summed E-state index contributed by atoms with van der Waals surface area (Å²) in [4.78, 5) is 15.2. The van der Waals surface area contributed by atoms with Crippen molar-refractivity contribution < 1.29 is 4.92 Å². The third-order valence-corrected chi connectivity index (χ3v) is 3.74. The molecule has 0 radical (unpaired) electrons. The van der Waals surface area contributed by atoms with Gasteiger partial charge < -0.3 is 5.32 Å². The molecule has 0 unspecified atom stereocenters. The van der Waals surface area contributed by atoms with E-state index in [1.54, 1.807) is 24.4 Å². The largest absolute Gasteiger partial charge is 0.379 e. The van der Waals surface area contributed by atoms with Gasteiger partial charge in [0.1, 0.15) is 5.69 Å². The molecule has 0 saturated heterocycles. The number of nitrogens with zero attached hydrogens (tertiary/aromatic N) is 2. The molecule has 0 aliphatic heterocycles. The van der Waals surface area contributed by atoms with Crippen LogP contribution >= 0.6 is 0 Å². The lowest BCUT2D eigenvalue weighted by atomic mass is 10.1. The summed E-state index contributed by atoms with van der Waals surface area (Å²) in [5.74, 6) is 0.896. The average molecular weight is 271 g/mol. The number of benzene rings is 1. The first-order valence-electron chi connectivity index (χ1n) is 7.01. The average Bonchev–Trinajstić information content (AvgIpc) is 3.27. The molecule has 1 N–H and O–H groups in total. The van der Waals surface area contributed by atoms with Gasteiger partial charge in [-0.2, -0.15) is 0 Å². The van der Waals surface area contributed by atoms with Crippen molar-refractivity contribution in [3.05, 3.63) is 40.6 Å². The number of anilines is 1. The van der Waals surface area contributed by atoms with E-state index in [2.05, 4.69) is 10.3 Å². The van der Waals surface area contributed by atoms with E-state index in [0.717, 1.165) is 18.9 Å². The molecule has 0 spiro atoms. The number of nitro groups is 1. The molecule has 3 rings (SSSR count). The van der Waals surface area contributed by atoms with Crippen molar-refractivity contribution in [2.45, 2.75) is 25.7 Å². The summed E-state index contributed by atoms with van der Waals surface area (Å²) in [5.41, 5.74) is 1.37. The fourth-order valence-electron chi connectivity index (χ4n) is 2.50. The fraction of sp³-hybridized carbons (Fsp3) is 0.400. The van der Waals surface area contributed by atoms with Crippen LogP contribution < -0.4 is 5.32 Å². The first-order valence-corrected chi connectivity index (χ1v) is 7.01. The Morgan fingerprint density at radius 1 is 1.35 bits per heavy atom. The van der Waals surface area contributed by atoms with Crippen molar-refractivity contribution in [3.8, 4) is 0 Å². The van der Waals surface area contributed by atoms with Gasteiger partial charge in [-0.3, -0.25) is 15.1 Å². The summed E-state index contributed by atoms with van der Waals surface area (Å²) in [5, 5.41) is 15.1. The zero-order valence-electron chi connectivity index (χ0n) is 11.2. The van der Waals surface area contributed by atoms with Crippen LogP contribution in [0.5, 0.6) is 0 Å². The van der Waals surface area contributed by atoms with E-state index in [-0.39, 0.29) is 10.6 Å². The standard InChI is InChI=1S/C15H17N3O2/c19-18(20)15-12-4-2-10-16-13(12)7-8-14(15)17-9-1-3-11-5-6-11/h2,4,7-8,10-11,17H,1,3,5-6,9H2. The molecular weight excluding hydrogens is 254 g/mol. The van der Waals surface area contributed by atoms with Crippen molar-refractivity contribution in [2.24, 2.45) is 5.92 Å². The molecule has 104 valence electrons. The molecule has 1 aromatic carbocycles. The van der Waals surface area contributed by atoms with Gasteiger partial charge in [-0.1, -0.05) is 12.8 Å². The second kappa shape index (κ2) is 5.45. The maximum absolute atomic E-state index is 11.3. The molecule has 0 atom stereocenters. The highest BCUT2D eigenvalue weighted by Gasteiger charge is 2.21. The minimum atomic E-state index is -0.326. The molecule has 5 heteroatoms. The van der Waals surface area contributed by atoms with E-state index in [4.69, 9.17) is 0 Å². The monoisotopic (exact) mass is 271 g/mol. The van der Waals surface area contributed by atoms with Gasteiger partial charge in [0.25, 0.3) is 0 Å². The van der Waals surface area contributed by atoms with Gasteiger partial charge in [-0.15, -0.1) is 0 Å². The lowest BCUT2D eigenvalue weighted by Crippen LogP contribution is -2.05. The van der Waals surface area contributed by atoms with Gasteiger partial charge in [0.15, 0.2) is 0 Å². The zero-order valence-corrected chi connectivity index (χ0v) is 11.2. The first kappa shape index (κ1) is 12.8. The van der Waals surface area contributed by atoms with Crippen LogP contribution in [0.3, 0.4) is 0 Å². The summed E-state index contributed by atoms with van der Waals surface area (Å²) < 4.78 is 0. The Kier molecular flexibility index (Phi) is 3.50. The second-order valence-electron chi connectivity index (χ2n) is 5.30. The van der Waals surface area contributed by atoms with Crippen LogP contribution in [0.4, 0.5) is 11.4 Å². The SMILES string of the molecule is O=[N+]([O-])c1c(NCCCC2CC2)ccc2ncccc12. The molecule has 1 saturated carbocycles. The molecule has 1 aliphatic carbocycles. The number of pyridine rings is 1. The van der Waals surface area contributed by atoms with Crippen LogP contribution in [0.15, 0.2) is 30.5 Å². The van der Waals surface area contributed by atoms with Crippen LogP contribution in [0.25, 0.3) is 10.9 Å². The number of nitrogens with one attached hydrogen (secondary N) is 1. The summed E-state index contributed by atoms with van der Waals surface area (Å²) >= 11 is 0. The summed E-state index contributed by atoms with van der Waals surface area (Å²) in [6.07, 6.45) is 6.63. The lowest BCUT2D eigenvalue weighted by molar-refractivity contribution is -0.382. The van der Waals surface area contributed by atoms with E-state index in [1.165, 1.54) is 19.3 Å². The Balaban J connectivity index is 1.81. The Bertz CT molecular complexity index is 638. The maximum Gasteiger partial charge on any atom is 0.301 e. The lowest BCUT2D eigenvalue weighted by Gasteiger charge is -2.08. The first-order chi connectivity index (χ1) is 9.75. The van der Waals surface area contributed by atoms with Gasteiger partial charge in [0.2, 0.25) is 0 Å². The molecule has 1 heterocycles. The predicted molar refractivity (Wildman–Crippen MR) is 78.8 cm³/mol. The van der Waals surface area contributed by atoms with Crippen LogP contribution in [0, 0.1) is 16.0 Å². The molecule has 2 aromatic rings. The van der Waals surface area contributed by atoms with Crippen LogP contribution in [-0.2, 0) is 0 Å². The highest BCUT2D eigenvalue weighted by Crippen LogP contribution is 2.34. The molecule has 0 bridgehead atoms. The molecule has 20 heavy (non-hydrogen) atoms. The Morgan fingerprint density at radius 2 is 2.20 bits per heavy atom. The molecule has 0 amide bonds. The second-order valence-corrected chi connectivity index (χ2v) is 5.30. The number of hydrogen-bond acceptors (Lipinski definition) is 4. The van der Waals surface area contributed by atoms with Gasteiger partial charge in [0.05, 0.1) is 15.8 Å². The van der Waals surface area contributed by atoms with Crippen molar-refractivity contribution in [1.82, 2.24) is 4.98 Å². The number of rotatable bonds is 6. The Morgan fingerprint density at radius 3 is 2.95 bits per heavy atom. The maximum atomic E-state index is 11.3. The number of nitro benzene ring substituents is 1. The van der Waals surface area contributed by atoms with E-state index < -0.39 is 0 Å². The number of aromatic nitrogens is 1. The number of fused-ring (bicyclic) bond motifs is 1. The van der Waals surface area contributed by atoms with Crippen molar-refractivity contribution in [3.63, 3.8) is 0 Å². The van der Waals surface area contributed by atoms with Crippen molar-refractivity contribution >= 4 is 22.3 Å². The van der Waals surface area contributed by atoms with Crippen molar-refractivity contribution in [1.29, 1.82) is 0 Å². The van der Waals surface area contributed by atoms with E-state index in [9.17, 15) is 10.1 Å². The molecule has 5 nitrogen and oxygen atoms in total. The predicted octanol–water partition coefficient (Wildman–Crippen LogP) is 3.75. The third-order valence-electron chi connectivity index (χ3n) is 3.74. The van der Waals surface area contributed by atoms with Gasteiger partial charge >= 0.3 is 5.69 Å². The smallest absolute Gasteiger partial charge is 0.301 e. The van der Waals surface area contributed by atoms with Crippen molar-refractivity contribution in [2.75, 3.05) is 11.9 Å². The summed E-state index contributed by atoms with van der Waals surface area (Å²) in [7, 11) is 0. The van der Waals surface area contributed by atoms with E-state index in [0.29, 0.717) is 16.6 Å².